The standard InChI is InChI=1S/C17H26N2O4/c1-21-15-11-14(12-16(13-15)22-2)18-17(20)23-10-6-9-19-7-4-3-5-8-19/h11-13H,3-10H2,1-2H3,(H,18,20). The number of rotatable bonds is 7. The molecule has 0 atom stereocenters. The van der Waals surface area contributed by atoms with Crippen molar-refractivity contribution in [2.75, 3.05) is 45.8 Å². The van der Waals surface area contributed by atoms with Crippen molar-refractivity contribution in [2.24, 2.45) is 0 Å². The summed E-state index contributed by atoms with van der Waals surface area (Å²) < 4.78 is 15.6. The summed E-state index contributed by atoms with van der Waals surface area (Å²) in [7, 11) is 3.13. The van der Waals surface area contributed by atoms with Crippen LogP contribution in [0.4, 0.5) is 10.5 Å². The molecule has 1 N–H and O–H groups in total. The second-order valence-electron chi connectivity index (χ2n) is 5.62. The van der Waals surface area contributed by atoms with E-state index in [1.807, 2.05) is 0 Å². The van der Waals surface area contributed by atoms with Gasteiger partial charge in [0.15, 0.2) is 0 Å². The zero-order valence-corrected chi connectivity index (χ0v) is 14.0. The summed E-state index contributed by atoms with van der Waals surface area (Å²) in [6.07, 6.45) is 4.28. The lowest BCUT2D eigenvalue weighted by atomic mass is 10.1. The fourth-order valence-corrected chi connectivity index (χ4v) is 2.67. The molecule has 1 saturated heterocycles. The van der Waals surface area contributed by atoms with Crippen LogP contribution in [0.3, 0.4) is 0 Å². The van der Waals surface area contributed by atoms with E-state index >= 15 is 0 Å². The average molecular weight is 322 g/mol. The van der Waals surface area contributed by atoms with Crippen molar-refractivity contribution < 1.29 is 19.0 Å². The highest BCUT2D eigenvalue weighted by Gasteiger charge is 2.10. The van der Waals surface area contributed by atoms with Gasteiger partial charge in [0.1, 0.15) is 11.5 Å². The number of methoxy groups -OCH3 is 2. The smallest absolute Gasteiger partial charge is 0.411 e. The van der Waals surface area contributed by atoms with Crippen LogP contribution in [0.15, 0.2) is 18.2 Å². The fourth-order valence-electron chi connectivity index (χ4n) is 2.67. The number of benzene rings is 1. The molecule has 0 bridgehead atoms. The molecule has 1 aromatic rings. The second-order valence-corrected chi connectivity index (χ2v) is 5.62. The third kappa shape index (κ3) is 5.98. The zero-order chi connectivity index (χ0) is 16.5. The predicted molar refractivity (Wildman–Crippen MR) is 89.4 cm³/mol. The molecule has 1 amide bonds. The fraction of sp³-hybridized carbons (Fsp3) is 0.588. The summed E-state index contributed by atoms with van der Waals surface area (Å²) in [5.74, 6) is 1.23. The molecule has 1 aromatic carbocycles. The van der Waals surface area contributed by atoms with E-state index < -0.39 is 6.09 Å². The Morgan fingerprint density at radius 1 is 1.09 bits per heavy atom. The number of nitrogens with one attached hydrogen (secondary N) is 1. The lowest BCUT2D eigenvalue weighted by molar-refractivity contribution is 0.148. The van der Waals surface area contributed by atoms with E-state index in [1.165, 1.54) is 19.3 Å². The number of ether oxygens (including phenoxy) is 3. The molecule has 0 aromatic heterocycles. The first-order valence-electron chi connectivity index (χ1n) is 8.10. The number of hydrogen-bond donors (Lipinski definition) is 1. The Labute approximate surface area is 137 Å². The van der Waals surface area contributed by atoms with Gasteiger partial charge in [-0.1, -0.05) is 6.42 Å². The molecule has 0 unspecified atom stereocenters. The highest BCUT2D eigenvalue weighted by Crippen LogP contribution is 2.25. The van der Waals surface area contributed by atoms with E-state index in [-0.39, 0.29) is 0 Å². The third-order valence-corrected chi connectivity index (χ3v) is 3.90. The lowest BCUT2D eigenvalue weighted by Gasteiger charge is -2.26. The molecular formula is C17H26N2O4. The zero-order valence-electron chi connectivity index (χ0n) is 14.0. The Balaban J connectivity index is 1.71. The number of nitrogens with zero attached hydrogens (tertiary/aromatic N) is 1. The van der Waals surface area contributed by atoms with Crippen molar-refractivity contribution in [2.45, 2.75) is 25.7 Å². The first-order chi connectivity index (χ1) is 11.2. The summed E-state index contributed by atoms with van der Waals surface area (Å²) in [6.45, 7) is 3.73. The van der Waals surface area contributed by atoms with Crippen molar-refractivity contribution >= 4 is 11.8 Å². The molecule has 0 aliphatic carbocycles. The van der Waals surface area contributed by atoms with E-state index in [2.05, 4.69) is 10.2 Å². The number of carbonyl (C=O) groups excluding carboxylic acids is 1. The van der Waals surface area contributed by atoms with Crippen LogP contribution in [0.25, 0.3) is 0 Å². The van der Waals surface area contributed by atoms with Crippen LogP contribution in [-0.4, -0.2) is 51.5 Å². The summed E-state index contributed by atoms with van der Waals surface area (Å²) in [4.78, 5) is 14.3. The van der Waals surface area contributed by atoms with Gasteiger partial charge in [0.25, 0.3) is 0 Å². The van der Waals surface area contributed by atoms with Crippen molar-refractivity contribution in [1.82, 2.24) is 4.90 Å². The Morgan fingerprint density at radius 3 is 2.35 bits per heavy atom. The van der Waals surface area contributed by atoms with Crippen LogP contribution in [0.1, 0.15) is 25.7 Å². The number of amides is 1. The molecule has 1 aliphatic heterocycles. The Morgan fingerprint density at radius 2 is 1.74 bits per heavy atom. The molecular weight excluding hydrogens is 296 g/mol. The molecule has 6 nitrogen and oxygen atoms in total. The van der Waals surface area contributed by atoms with Gasteiger partial charge in [0, 0.05) is 24.7 Å². The Hall–Kier alpha value is -1.95. The number of piperidine rings is 1. The van der Waals surface area contributed by atoms with Gasteiger partial charge in [-0.25, -0.2) is 4.79 Å². The first kappa shape index (κ1) is 17.4. The normalized spacial score (nSPS) is 15.0. The van der Waals surface area contributed by atoms with E-state index in [4.69, 9.17) is 14.2 Å². The molecule has 0 saturated carbocycles. The molecule has 1 aliphatic rings. The van der Waals surface area contributed by atoms with Gasteiger partial charge >= 0.3 is 6.09 Å². The van der Waals surface area contributed by atoms with Crippen molar-refractivity contribution in [1.29, 1.82) is 0 Å². The summed E-state index contributed by atoms with van der Waals surface area (Å²) in [5, 5.41) is 2.70. The van der Waals surface area contributed by atoms with Gasteiger partial charge in [0.2, 0.25) is 0 Å². The van der Waals surface area contributed by atoms with E-state index in [9.17, 15) is 4.79 Å². The molecule has 128 valence electrons. The van der Waals surface area contributed by atoms with Crippen LogP contribution < -0.4 is 14.8 Å². The molecule has 6 heteroatoms. The molecule has 1 fully saturated rings. The third-order valence-electron chi connectivity index (χ3n) is 3.90. The molecule has 0 spiro atoms. The second kappa shape index (κ2) is 9.25. The van der Waals surface area contributed by atoms with Gasteiger partial charge in [-0.05, 0) is 32.4 Å². The maximum atomic E-state index is 11.8. The average Bonchev–Trinajstić information content (AvgIpc) is 2.59. The number of hydrogen-bond acceptors (Lipinski definition) is 5. The monoisotopic (exact) mass is 322 g/mol. The number of anilines is 1. The quantitative estimate of drug-likeness (QED) is 0.782. The van der Waals surface area contributed by atoms with Gasteiger partial charge < -0.3 is 19.1 Å². The maximum Gasteiger partial charge on any atom is 0.411 e. The van der Waals surface area contributed by atoms with Crippen LogP contribution in [-0.2, 0) is 4.74 Å². The van der Waals surface area contributed by atoms with E-state index in [1.54, 1.807) is 32.4 Å². The number of carbonyl (C=O) groups is 1. The first-order valence-corrected chi connectivity index (χ1v) is 8.10. The van der Waals surface area contributed by atoms with Crippen molar-refractivity contribution in [3.8, 4) is 11.5 Å². The van der Waals surface area contributed by atoms with E-state index in [0.717, 1.165) is 26.1 Å². The van der Waals surface area contributed by atoms with Crippen LogP contribution >= 0.6 is 0 Å². The van der Waals surface area contributed by atoms with Crippen LogP contribution in [0.2, 0.25) is 0 Å². The lowest BCUT2D eigenvalue weighted by Crippen LogP contribution is -2.31. The van der Waals surface area contributed by atoms with E-state index in [0.29, 0.717) is 23.8 Å². The minimum Gasteiger partial charge on any atom is -0.497 e. The summed E-state index contributed by atoms with van der Waals surface area (Å²) in [5.41, 5.74) is 0.585. The molecule has 1 heterocycles. The van der Waals surface area contributed by atoms with Crippen molar-refractivity contribution in [3.63, 3.8) is 0 Å². The Bertz CT molecular complexity index is 479. The largest absolute Gasteiger partial charge is 0.497 e. The topological polar surface area (TPSA) is 60.0 Å². The van der Waals surface area contributed by atoms with Crippen LogP contribution in [0, 0.1) is 0 Å². The Kier molecular flexibility index (Phi) is 7.00. The van der Waals surface area contributed by atoms with Gasteiger partial charge in [-0.2, -0.15) is 0 Å². The highest BCUT2D eigenvalue weighted by atomic mass is 16.5. The van der Waals surface area contributed by atoms with Gasteiger partial charge in [-0.3, -0.25) is 5.32 Å². The molecule has 23 heavy (non-hydrogen) atoms. The predicted octanol–water partition coefficient (Wildman–Crippen LogP) is 3.13. The molecule has 2 rings (SSSR count). The highest BCUT2D eigenvalue weighted by molar-refractivity contribution is 5.85. The SMILES string of the molecule is COc1cc(NC(=O)OCCCN2CCCCC2)cc(OC)c1. The number of likely N-dealkylation sites (tertiary alicyclic amines) is 1. The van der Waals surface area contributed by atoms with Crippen molar-refractivity contribution in [3.05, 3.63) is 18.2 Å². The van der Waals surface area contributed by atoms with Gasteiger partial charge in [-0.15, -0.1) is 0 Å². The minimum absolute atomic E-state index is 0.420. The molecule has 0 radical (unpaired) electrons. The minimum atomic E-state index is -0.459. The summed E-state index contributed by atoms with van der Waals surface area (Å²) in [6, 6.07) is 5.18. The van der Waals surface area contributed by atoms with Crippen LogP contribution in [0.5, 0.6) is 11.5 Å². The maximum absolute atomic E-state index is 11.8. The van der Waals surface area contributed by atoms with Gasteiger partial charge in [0.05, 0.1) is 26.5 Å². The summed E-state index contributed by atoms with van der Waals surface area (Å²) >= 11 is 0.